The van der Waals surface area contributed by atoms with Crippen LogP contribution in [-0.4, -0.2) is 21.6 Å². The Hall–Kier alpha value is -1.89. The van der Waals surface area contributed by atoms with Crippen LogP contribution < -0.4 is 15.2 Å². The minimum atomic E-state index is 0.0648. The lowest BCUT2D eigenvalue weighted by Crippen LogP contribution is -2.05. The number of rotatable bonds is 5. The quantitative estimate of drug-likeness (QED) is 0.901. The van der Waals surface area contributed by atoms with Gasteiger partial charge in [-0.2, -0.15) is 9.97 Å². The van der Waals surface area contributed by atoms with Crippen LogP contribution >= 0.6 is 15.9 Å². The van der Waals surface area contributed by atoms with Crippen LogP contribution in [-0.2, 0) is 0 Å². The molecule has 0 amide bonds. The van der Waals surface area contributed by atoms with Crippen molar-refractivity contribution in [3.8, 4) is 17.8 Å². The summed E-state index contributed by atoms with van der Waals surface area (Å²) in [4.78, 5) is 11.9. The van der Waals surface area contributed by atoms with E-state index in [4.69, 9.17) is 15.2 Å². The van der Waals surface area contributed by atoms with Gasteiger partial charge in [0.05, 0.1) is 6.61 Å². The molecule has 7 heteroatoms. The van der Waals surface area contributed by atoms with Gasteiger partial charge in [0.2, 0.25) is 5.95 Å². The molecular formula is C13H15BrN4O2. The molecule has 2 N–H and O–H groups in total. The SMILES string of the molecule is CCCOc1nc(N)nc(Oc2ccc(Br)c(C)c2)n1. The number of nitrogens with two attached hydrogens (primary N) is 1. The fraction of sp³-hybridized carbons (Fsp3) is 0.308. The van der Waals surface area contributed by atoms with Gasteiger partial charge in [-0.3, -0.25) is 0 Å². The van der Waals surface area contributed by atoms with Crippen molar-refractivity contribution in [3.63, 3.8) is 0 Å². The lowest BCUT2D eigenvalue weighted by molar-refractivity contribution is 0.285. The first kappa shape index (κ1) is 14.5. The third-order valence-electron chi connectivity index (χ3n) is 2.39. The second-order valence-electron chi connectivity index (χ2n) is 4.12. The number of nitrogen functional groups attached to an aromatic ring is 1. The van der Waals surface area contributed by atoms with E-state index >= 15 is 0 Å². The van der Waals surface area contributed by atoms with Crippen molar-refractivity contribution < 1.29 is 9.47 Å². The van der Waals surface area contributed by atoms with E-state index in [0.29, 0.717) is 12.4 Å². The molecule has 0 saturated heterocycles. The normalized spacial score (nSPS) is 10.3. The van der Waals surface area contributed by atoms with Crippen LogP contribution in [0.3, 0.4) is 0 Å². The molecule has 20 heavy (non-hydrogen) atoms. The standard InChI is InChI=1S/C13H15BrN4O2/c1-3-6-19-12-16-11(15)17-13(18-12)20-9-4-5-10(14)8(2)7-9/h4-5,7H,3,6H2,1-2H3,(H2,15,16,17,18). The maximum absolute atomic E-state index is 5.61. The summed E-state index contributed by atoms with van der Waals surface area (Å²) < 4.78 is 11.9. The summed E-state index contributed by atoms with van der Waals surface area (Å²) in [5, 5.41) is 0. The van der Waals surface area contributed by atoms with Crippen molar-refractivity contribution in [3.05, 3.63) is 28.2 Å². The fourth-order valence-electron chi connectivity index (χ4n) is 1.44. The van der Waals surface area contributed by atoms with Crippen LogP contribution in [0.25, 0.3) is 0 Å². The van der Waals surface area contributed by atoms with Crippen molar-refractivity contribution in [2.45, 2.75) is 20.3 Å². The molecule has 2 aromatic rings. The van der Waals surface area contributed by atoms with Crippen LogP contribution in [0, 0.1) is 6.92 Å². The Bertz CT molecular complexity index is 607. The second kappa shape index (κ2) is 6.51. The first-order chi connectivity index (χ1) is 9.58. The fourth-order valence-corrected chi connectivity index (χ4v) is 1.69. The van der Waals surface area contributed by atoms with E-state index in [1.807, 2.05) is 32.0 Å². The van der Waals surface area contributed by atoms with Gasteiger partial charge < -0.3 is 15.2 Å². The average Bonchev–Trinajstić information content (AvgIpc) is 2.40. The molecule has 0 fully saturated rings. The highest BCUT2D eigenvalue weighted by Gasteiger charge is 2.08. The van der Waals surface area contributed by atoms with Crippen molar-refractivity contribution >= 4 is 21.9 Å². The molecule has 0 saturated carbocycles. The zero-order chi connectivity index (χ0) is 14.5. The smallest absolute Gasteiger partial charge is 0.330 e. The predicted octanol–water partition coefficient (Wildman–Crippen LogP) is 3.11. The van der Waals surface area contributed by atoms with Gasteiger partial charge in [-0.05, 0) is 37.1 Å². The summed E-state index contributed by atoms with van der Waals surface area (Å²) in [5.41, 5.74) is 6.66. The lowest BCUT2D eigenvalue weighted by atomic mass is 10.2. The summed E-state index contributed by atoms with van der Waals surface area (Å²) in [7, 11) is 0. The van der Waals surface area contributed by atoms with Crippen LogP contribution in [0.15, 0.2) is 22.7 Å². The van der Waals surface area contributed by atoms with Crippen molar-refractivity contribution in [1.82, 2.24) is 15.0 Å². The number of nitrogens with zero attached hydrogens (tertiary/aromatic N) is 3. The Labute approximate surface area is 125 Å². The van der Waals surface area contributed by atoms with Gasteiger partial charge in [0, 0.05) is 4.47 Å². The molecule has 0 unspecified atom stereocenters. The van der Waals surface area contributed by atoms with Crippen molar-refractivity contribution in [1.29, 1.82) is 0 Å². The van der Waals surface area contributed by atoms with E-state index in [-0.39, 0.29) is 18.0 Å². The average molecular weight is 339 g/mol. The van der Waals surface area contributed by atoms with Gasteiger partial charge in [0.15, 0.2) is 0 Å². The molecule has 1 aromatic carbocycles. The molecule has 1 aromatic heterocycles. The van der Waals surface area contributed by atoms with E-state index in [0.717, 1.165) is 16.5 Å². The van der Waals surface area contributed by atoms with E-state index in [1.165, 1.54) is 0 Å². The molecule has 0 bridgehead atoms. The summed E-state index contributed by atoms with van der Waals surface area (Å²) in [6.45, 7) is 4.47. The molecule has 0 atom stereocenters. The lowest BCUT2D eigenvalue weighted by Gasteiger charge is -2.08. The molecule has 0 spiro atoms. The maximum atomic E-state index is 5.61. The summed E-state index contributed by atoms with van der Waals surface area (Å²) in [5.74, 6) is 0.688. The van der Waals surface area contributed by atoms with Crippen LogP contribution in [0.1, 0.15) is 18.9 Å². The van der Waals surface area contributed by atoms with Crippen molar-refractivity contribution in [2.75, 3.05) is 12.3 Å². The molecule has 1 heterocycles. The Morgan fingerprint density at radius 3 is 2.65 bits per heavy atom. The minimum Gasteiger partial charge on any atom is -0.463 e. The number of benzene rings is 1. The molecular weight excluding hydrogens is 324 g/mol. The highest BCUT2D eigenvalue weighted by atomic mass is 79.9. The Balaban J connectivity index is 2.19. The van der Waals surface area contributed by atoms with Crippen LogP contribution in [0.4, 0.5) is 5.95 Å². The number of hydrogen-bond donors (Lipinski definition) is 1. The van der Waals surface area contributed by atoms with Crippen LogP contribution in [0.5, 0.6) is 17.8 Å². The largest absolute Gasteiger partial charge is 0.463 e. The molecule has 0 aliphatic rings. The predicted molar refractivity (Wildman–Crippen MR) is 79.0 cm³/mol. The van der Waals surface area contributed by atoms with Gasteiger partial charge in [0.25, 0.3) is 0 Å². The molecule has 2 rings (SSSR count). The molecule has 0 radical (unpaired) electrons. The number of anilines is 1. The summed E-state index contributed by atoms with van der Waals surface area (Å²) in [6, 6.07) is 5.86. The zero-order valence-corrected chi connectivity index (χ0v) is 12.8. The molecule has 6 nitrogen and oxygen atoms in total. The second-order valence-corrected chi connectivity index (χ2v) is 4.97. The van der Waals surface area contributed by atoms with E-state index in [2.05, 4.69) is 30.9 Å². The number of aryl methyl sites for hydroxylation is 1. The summed E-state index contributed by atoms with van der Waals surface area (Å²) >= 11 is 3.43. The van der Waals surface area contributed by atoms with Gasteiger partial charge in [0.1, 0.15) is 5.75 Å². The zero-order valence-electron chi connectivity index (χ0n) is 11.3. The number of hydrogen-bond acceptors (Lipinski definition) is 6. The van der Waals surface area contributed by atoms with Gasteiger partial charge in [-0.25, -0.2) is 0 Å². The monoisotopic (exact) mass is 338 g/mol. The Kier molecular flexibility index (Phi) is 4.73. The van der Waals surface area contributed by atoms with Crippen molar-refractivity contribution in [2.24, 2.45) is 0 Å². The van der Waals surface area contributed by atoms with Gasteiger partial charge in [-0.15, -0.1) is 4.98 Å². The van der Waals surface area contributed by atoms with Gasteiger partial charge in [-0.1, -0.05) is 22.9 Å². The van der Waals surface area contributed by atoms with Gasteiger partial charge >= 0.3 is 12.0 Å². The number of halogens is 1. The number of aromatic nitrogens is 3. The highest BCUT2D eigenvalue weighted by molar-refractivity contribution is 9.10. The van der Waals surface area contributed by atoms with E-state index < -0.39 is 0 Å². The molecule has 106 valence electrons. The topological polar surface area (TPSA) is 83.2 Å². The first-order valence-corrected chi connectivity index (χ1v) is 6.96. The highest BCUT2D eigenvalue weighted by Crippen LogP contribution is 2.25. The Morgan fingerprint density at radius 2 is 1.95 bits per heavy atom. The molecule has 0 aliphatic heterocycles. The van der Waals surface area contributed by atoms with Crippen LogP contribution in [0.2, 0.25) is 0 Å². The summed E-state index contributed by atoms with van der Waals surface area (Å²) in [6.07, 6.45) is 0.855. The van der Waals surface area contributed by atoms with E-state index in [9.17, 15) is 0 Å². The third kappa shape index (κ3) is 3.80. The minimum absolute atomic E-state index is 0.0648. The first-order valence-electron chi connectivity index (χ1n) is 6.17. The Morgan fingerprint density at radius 1 is 1.20 bits per heavy atom. The number of ether oxygens (including phenoxy) is 2. The molecule has 0 aliphatic carbocycles. The van der Waals surface area contributed by atoms with E-state index in [1.54, 1.807) is 0 Å². The third-order valence-corrected chi connectivity index (χ3v) is 3.28. The maximum Gasteiger partial charge on any atom is 0.330 e.